The predicted molar refractivity (Wildman–Crippen MR) is 87.7 cm³/mol. The van der Waals surface area contributed by atoms with E-state index < -0.39 is 11.6 Å². The molecule has 0 atom stereocenters. The van der Waals surface area contributed by atoms with Crippen LogP contribution in [-0.2, 0) is 4.79 Å². The number of hydrogen-bond acceptors (Lipinski definition) is 2. The molecule has 2 rings (SSSR count). The number of carbonyl (C=O) groups is 1. The maximum absolute atomic E-state index is 13.4. The van der Waals surface area contributed by atoms with Crippen molar-refractivity contribution in [3.05, 3.63) is 29.8 Å². The van der Waals surface area contributed by atoms with E-state index in [1.165, 1.54) is 0 Å². The third-order valence-electron chi connectivity index (χ3n) is 3.03. The van der Waals surface area contributed by atoms with Gasteiger partial charge in [-0.1, -0.05) is 0 Å². The number of amides is 1. The number of hydrogen-bond donors (Lipinski definition) is 2. The van der Waals surface area contributed by atoms with Crippen molar-refractivity contribution in [2.24, 2.45) is 10.7 Å². The molecule has 0 aliphatic carbocycles. The SMILES string of the molecule is I.NC(=NCC(=O)N1CCCC1)Nc1cc(F)ccc1F. The lowest BCUT2D eigenvalue weighted by Gasteiger charge is -2.13. The van der Waals surface area contributed by atoms with E-state index in [2.05, 4.69) is 10.3 Å². The summed E-state index contributed by atoms with van der Waals surface area (Å²) in [6.07, 6.45) is 2.00. The van der Waals surface area contributed by atoms with Crippen molar-refractivity contribution in [2.75, 3.05) is 25.0 Å². The maximum atomic E-state index is 13.4. The molecule has 1 fully saturated rings. The van der Waals surface area contributed by atoms with Crippen LogP contribution in [-0.4, -0.2) is 36.4 Å². The molecule has 0 aromatic heterocycles. The number of carbonyl (C=O) groups excluding carboxylic acids is 1. The molecule has 116 valence electrons. The van der Waals surface area contributed by atoms with Gasteiger partial charge in [0.25, 0.3) is 0 Å². The standard InChI is InChI=1S/C13H16F2N4O.HI/c14-9-3-4-10(15)11(7-9)18-13(16)17-8-12(20)19-5-1-2-6-19;/h3-4,7H,1-2,5-6,8H2,(H3,16,17,18);1H. The molecule has 0 bridgehead atoms. The highest BCUT2D eigenvalue weighted by Crippen LogP contribution is 2.14. The molecular formula is C13H17F2IN4O. The van der Waals surface area contributed by atoms with Crippen molar-refractivity contribution in [1.29, 1.82) is 0 Å². The molecule has 1 amide bonds. The summed E-state index contributed by atoms with van der Waals surface area (Å²) in [5.74, 6) is -1.47. The van der Waals surface area contributed by atoms with E-state index in [1.807, 2.05) is 0 Å². The second kappa shape index (κ2) is 8.11. The molecule has 0 unspecified atom stereocenters. The molecule has 1 aliphatic heterocycles. The Balaban J connectivity index is 0.00000220. The molecule has 1 saturated heterocycles. The zero-order chi connectivity index (χ0) is 14.5. The third-order valence-corrected chi connectivity index (χ3v) is 3.03. The fraction of sp³-hybridized carbons (Fsp3) is 0.385. The van der Waals surface area contributed by atoms with Crippen LogP contribution in [0.25, 0.3) is 0 Å². The molecule has 0 saturated carbocycles. The highest BCUT2D eigenvalue weighted by Gasteiger charge is 2.17. The Morgan fingerprint density at radius 3 is 2.67 bits per heavy atom. The Morgan fingerprint density at radius 1 is 1.33 bits per heavy atom. The molecule has 0 spiro atoms. The van der Waals surface area contributed by atoms with Crippen LogP contribution in [0.3, 0.4) is 0 Å². The van der Waals surface area contributed by atoms with Crippen LogP contribution in [0.15, 0.2) is 23.2 Å². The smallest absolute Gasteiger partial charge is 0.244 e. The molecule has 5 nitrogen and oxygen atoms in total. The van der Waals surface area contributed by atoms with Crippen LogP contribution >= 0.6 is 24.0 Å². The van der Waals surface area contributed by atoms with Gasteiger partial charge in [0.2, 0.25) is 5.91 Å². The molecule has 0 radical (unpaired) electrons. The average Bonchev–Trinajstić information content (AvgIpc) is 2.94. The number of nitrogens with two attached hydrogens (primary N) is 1. The van der Waals surface area contributed by atoms with Gasteiger partial charge in [0.15, 0.2) is 5.96 Å². The number of rotatable bonds is 3. The van der Waals surface area contributed by atoms with E-state index >= 15 is 0 Å². The molecule has 3 N–H and O–H groups in total. The highest BCUT2D eigenvalue weighted by atomic mass is 127. The van der Waals surface area contributed by atoms with Gasteiger partial charge >= 0.3 is 0 Å². The van der Waals surface area contributed by atoms with Crippen molar-refractivity contribution < 1.29 is 13.6 Å². The van der Waals surface area contributed by atoms with Gasteiger partial charge in [0.1, 0.15) is 18.2 Å². The minimum absolute atomic E-state index is 0. The summed E-state index contributed by atoms with van der Waals surface area (Å²) in [5.41, 5.74) is 5.44. The molecule has 1 aromatic carbocycles. The van der Waals surface area contributed by atoms with E-state index in [0.29, 0.717) is 0 Å². The molecule has 1 aliphatic rings. The molecule has 1 heterocycles. The van der Waals surface area contributed by atoms with E-state index in [0.717, 1.165) is 44.1 Å². The van der Waals surface area contributed by atoms with Gasteiger partial charge in [-0.15, -0.1) is 24.0 Å². The summed E-state index contributed by atoms with van der Waals surface area (Å²) in [6, 6.07) is 2.96. The second-order valence-corrected chi connectivity index (χ2v) is 4.54. The largest absolute Gasteiger partial charge is 0.370 e. The van der Waals surface area contributed by atoms with Crippen LogP contribution in [0.1, 0.15) is 12.8 Å². The van der Waals surface area contributed by atoms with Crippen molar-refractivity contribution in [2.45, 2.75) is 12.8 Å². The Hall–Kier alpha value is -1.45. The van der Waals surface area contributed by atoms with E-state index in [9.17, 15) is 13.6 Å². The lowest BCUT2D eigenvalue weighted by Crippen LogP contribution is -2.31. The Morgan fingerprint density at radius 2 is 2.00 bits per heavy atom. The van der Waals surface area contributed by atoms with Gasteiger partial charge in [-0.3, -0.25) is 4.79 Å². The number of benzene rings is 1. The first-order valence-corrected chi connectivity index (χ1v) is 6.36. The highest BCUT2D eigenvalue weighted by molar-refractivity contribution is 14.0. The summed E-state index contributed by atoms with van der Waals surface area (Å²) in [6.45, 7) is 1.37. The number of guanidine groups is 1. The van der Waals surface area contributed by atoms with Crippen LogP contribution in [0.4, 0.5) is 14.5 Å². The minimum atomic E-state index is -0.643. The number of nitrogens with one attached hydrogen (secondary N) is 1. The van der Waals surface area contributed by atoms with Gasteiger partial charge in [-0.2, -0.15) is 0 Å². The monoisotopic (exact) mass is 410 g/mol. The van der Waals surface area contributed by atoms with Crippen LogP contribution in [0.2, 0.25) is 0 Å². The van der Waals surface area contributed by atoms with Gasteiger partial charge < -0.3 is 16.0 Å². The van der Waals surface area contributed by atoms with Crippen molar-refractivity contribution >= 4 is 41.5 Å². The zero-order valence-corrected chi connectivity index (χ0v) is 13.6. The number of nitrogens with zero attached hydrogens (tertiary/aromatic N) is 2. The number of halogens is 3. The Bertz CT molecular complexity index is 533. The van der Waals surface area contributed by atoms with E-state index in [4.69, 9.17) is 5.73 Å². The zero-order valence-electron chi connectivity index (χ0n) is 11.3. The van der Waals surface area contributed by atoms with Crippen molar-refractivity contribution in [1.82, 2.24) is 4.90 Å². The number of likely N-dealkylation sites (tertiary alicyclic amines) is 1. The maximum Gasteiger partial charge on any atom is 0.244 e. The third kappa shape index (κ3) is 5.10. The van der Waals surface area contributed by atoms with E-state index in [-0.39, 0.29) is 48.1 Å². The van der Waals surface area contributed by atoms with Crippen molar-refractivity contribution in [3.63, 3.8) is 0 Å². The Labute approximate surface area is 138 Å². The first-order chi connectivity index (χ1) is 9.56. The molecule has 21 heavy (non-hydrogen) atoms. The second-order valence-electron chi connectivity index (χ2n) is 4.54. The first kappa shape index (κ1) is 17.6. The van der Waals surface area contributed by atoms with Crippen LogP contribution in [0, 0.1) is 11.6 Å². The lowest BCUT2D eigenvalue weighted by atomic mass is 10.3. The average molecular weight is 410 g/mol. The summed E-state index contributed by atoms with van der Waals surface area (Å²) < 4.78 is 26.3. The number of anilines is 1. The fourth-order valence-electron chi connectivity index (χ4n) is 1.99. The number of aliphatic imine (C=N–C) groups is 1. The van der Waals surface area contributed by atoms with Crippen LogP contribution in [0.5, 0.6) is 0 Å². The van der Waals surface area contributed by atoms with Gasteiger partial charge in [0, 0.05) is 19.2 Å². The predicted octanol–water partition coefficient (Wildman–Crippen LogP) is 1.93. The minimum Gasteiger partial charge on any atom is -0.370 e. The van der Waals surface area contributed by atoms with Gasteiger partial charge in [-0.05, 0) is 25.0 Å². The molecule has 8 heteroatoms. The van der Waals surface area contributed by atoms with Gasteiger partial charge in [-0.25, -0.2) is 13.8 Å². The summed E-state index contributed by atoms with van der Waals surface area (Å²) in [4.78, 5) is 17.3. The molecular weight excluding hydrogens is 393 g/mol. The topological polar surface area (TPSA) is 70.7 Å². The van der Waals surface area contributed by atoms with Gasteiger partial charge in [0.05, 0.1) is 5.69 Å². The normalized spacial score (nSPS) is 14.8. The van der Waals surface area contributed by atoms with Crippen molar-refractivity contribution in [3.8, 4) is 0 Å². The van der Waals surface area contributed by atoms with E-state index in [1.54, 1.807) is 4.90 Å². The molecule has 1 aromatic rings. The summed E-state index contributed by atoms with van der Waals surface area (Å²) in [5, 5.41) is 2.44. The fourth-order valence-corrected chi connectivity index (χ4v) is 1.99. The lowest BCUT2D eigenvalue weighted by molar-refractivity contribution is -0.128. The summed E-state index contributed by atoms with van der Waals surface area (Å²) >= 11 is 0. The summed E-state index contributed by atoms with van der Waals surface area (Å²) in [7, 11) is 0. The Kier molecular flexibility index (Phi) is 6.79. The quantitative estimate of drug-likeness (QED) is 0.455. The van der Waals surface area contributed by atoms with Crippen LogP contribution < -0.4 is 11.1 Å². The first-order valence-electron chi connectivity index (χ1n) is 6.36.